The standard InChI is InChI=1S/C14H18N4O2/c1-8-4-11(14(19)20)7-18(6-8)13-12(5-15)9(2)10(3)16-17-13/h8,11H,4,6-7H2,1-3H3,(H,19,20). The zero-order valence-electron chi connectivity index (χ0n) is 11.9. The van der Waals surface area contributed by atoms with E-state index in [1.165, 1.54) is 0 Å². The lowest BCUT2D eigenvalue weighted by molar-refractivity contribution is -0.142. The first kappa shape index (κ1) is 14.3. The molecule has 1 aliphatic heterocycles. The summed E-state index contributed by atoms with van der Waals surface area (Å²) >= 11 is 0. The molecule has 0 bridgehead atoms. The quantitative estimate of drug-likeness (QED) is 0.879. The van der Waals surface area contributed by atoms with Crippen LogP contribution in [0.5, 0.6) is 0 Å². The van der Waals surface area contributed by atoms with Gasteiger partial charge in [-0.25, -0.2) is 0 Å². The summed E-state index contributed by atoms with van der Waals surface area (Å²) in [6.07, 6.45) is 0.659. The van der Waals surface area contributed by atoms with E-state index in [4.69, 9.17) is 0 Å². The molecule has 2 atom stereocenters. The van der Waals surface area contributed by atoms with E-state index in [1.807, 2.05) is 25.7 Å². The van der Waals surface area contributed by atoms with Gasteiger partial charge in [-0.05, 0) is 31.7 Å². The van der Waals surface area contributed by atoms with Gasteiger partial charge in [0.1, 0.15) is 11.6 Å². The molecule has 2 heterocycles. The highest BCUT2D eigenvalue weighted by molar-refractivity contribution is 5.71. The number of piperidine rings is 1. The van der Waals surface area contributed by atoms with Gasteiger partial charge in [0.25, 0.3) is 0 Å². The summed E-state index contributed by atoms with van der Waals surface area (Å²) in [5, 5.41) is 26.7. The second kappa shape index (κ2) is 5.45. The van der Waals surface area contributed by atoms with Gasteiger partial charge in [-0.15, -0.1) is 5.10 Å². The van der Waals surface area contributed by atoms with E-state index in [0.717, 1.165) is 11.3 Å². The van der Waals surface area contributed by atoms with Crippen LogP contribution in [-0.4, -0.2) is 34.4 Å². The van der Waals surface area contributed by atoms with Crippen molar-refractivity contribution in [1.82, 2.24) is 10.2 Å². The highest BCUT2D eigenvalue weighted by Gasteiger charge is 2.31. The zero-order valence-corrected chi connectivity index (χ0v) is 11.9. The summed E-state index contributed by atoms with van der Waals surface area (Å²) in [7, 11) is 0. The molecular weight excluding hydrogens is 256 g/mol. The maximum absolute atomic E-state index is 11.2. The second-order valence-corrected chi connectivity index (χ2v) is 5.50. The number of carbonyl (C=O) groups is 1. The molecule has 6 nitrogen and oxygen atoms in total. The van der Waals surface area contributed by atoms with Gasteiger partial charge in [-0.2, -0.15) is 10.4 Å². The Labute approximate surface area is 118 Å². The number of carboxylic acid groups (broad SMARTS) is 1. The highest BCUT2D eigenvalue weighted by Crippen LogP contribution is 2.28. The minimum absolute atomic E-state index is 0.250. The van der Waals surface area contributed by atoms with Crippen LogP contribution in [0.2, 0.25) is 0 Å². The van der Waals surface area contributed by atoms with Crippen LogP contribution in [0.4, 0.5) is 5.82 Å². The van der Waals surface area contributed by atoms with E-state index in [2.05, 4.69) is 16.3 Å². The fourth-order valence-electron chi connectivity index (χ4n) is 2.65. The van der Waals surface area contributed by atoms with Crippen LogP contribution < -0.4 is 4.90 Å². The van der Waals surface area contributed by atoms with Crippen LogP contribution in [0.1, 0.15) is 30.2 Å². The molecule has 1 aromatic rings. The van der Waals surface area contributed by atoms with Crippen molar-refractivity contribution in [2.45, 2.75) is 27.2 Å². The van der Waals surface area contributed by atoms with Crippen LogP contribution >= 0.6 is 0 Å². The SMILES string of the molecule is Cc1nnc(N2CC(C)CC(C(=O)O)C2)c(C#N)c1C. The summed E-state index contributed by atoms with van der Waals surface area (Å²) in [4.78, 5) is 13.1. The normalized spacial score (nSPS) is 22.4. The molecule has 1 aliphatic rings. The summed E-state index contributed by atoms with van der Waals surface area (Å²) in [5.74, 6) is -0.459. The Morgan fingerprint density at radius 3 is 2.70 bits per heavy atom. The lowest BCUT2D eigenvalue weighted by Gasteiger charge is -2.35. The number of aromatic nitrogens is 2. The smallest absolute Gasteiger partial charge is 0.308 e. The van der Waals surface area contributed by atoms with E-state index in [0.29, 0.717) is 30.9 Å². The Balaban J connectivity index is 2.38. The molecular formula is C14H18N4O2. The highest BCUT2D eigenvalue weighted by atomic mass is 16.4. The van der Waals surface area contributed by atoms with Crippen molar-refractivity contribution in [3.8, 4) is 6.07 Å². The number of carboxylic acids is 1. The third-order valence-corrected chi connectivity index (χ3v) is 3.86. The molecule has 0 aliphatic carbocycles. The molecule has 1 saturated heterocycles. The third kappa shape index (κ3) is 2.57. The average molecular weight is 274 g/mol. The van der Waals surface area contributed by atoms with Crippen LogP contribution in [0.25, 0.3) is 0 Å². The van der Waals surface area contributed by atoms with E-state index in [1.54, 1.807) is 0 Å². The molecule has 0 saturated carbocycles. The van der Waals surface area contributed by atoms with Crippen LogP contribution in [0, 0.1) is 37.0 Å². The van der Waals surface area contributed by atoms with Crippen molar-refractivity contribution in [2.24, 2.45) is 11.8 Å². The molecule has 0 amide bonds. The van der Waals surface area contributed by atoms with Gasteiger partial charge in [-0.3, -0.25) is 4.79 Å². The van der Waals surface area contributed by atoms with Crippen LogP contribution in [0.3, 0.4) is 0 Å². The predicted molar refractivity (Wildman–Crippen MR) is 73.3 cm³/mol. The average Bonchev–Trinajstić information content (AvgIpc) is 2.40. The monoisotopic (exact) mass is 274 g/mol. The number of anilines is 1. The van der Waals surface area contributed by atoms with Crippen molar-refractivity contribution in [3.63, 3.8) is 0 Å². The van der Waals surface area contributed by atoms with E-state index >= 15 is 0 Å². The fraction of sp³-hybridized carbons (Fsp3) is 0.571. The predicted octanol–water partition coefficient (Wildman–Crippen LogP) is 1.51. The lowest BCUT2D eigenvalue weighted by Crippen LogP contribution is -2.43. The molecule has 0 aromatic carbocycles. The van der Waals surface area contributed by atoms with Gasteiger partial charge in [0, 0.05) is 13.1 Å². The van der Waals surface area contributed by atoms with E-state index in [-0.39, 0.29) is 5.92 Å². The largest absolute Gasteiger partial charge is 0.481 e. The molecule has 6 heteroatoms. The molecule has 0 radical (unpaired) electrons. The number of hydrogen-bond acceptors (Lipinski definition) is 5. The molecule has 0 spiro atoms. The van der Waals surface area contributed by atoms with Gasteiger partial charge < -0.3 is 10.0 Å². The van der Waals surface area contributed by atoms with Gasteiger partial charge >= 0.3 is 5.97 Å². The van der Waals surface area contributed by atoms with Gasteiger partial charge in [0.15, 0.2) is 5.82 Å². The van der Waals surface area contributed by atoms with E-state index < -0.39 is 11.9 Å². The Bertz CT molecular complexity index is 579. The van der Waals surface area contributed by atoms with Gasteiger partial charge in [0.05, 0.1) is 11.6 Å². The fourth-order valence-corrected chi connectivity index (χ4v) is 2.65. The first-order chi connectivity index (χ1) is 9.43. The molecule has 20 heavy (non-hydrogen) atoms. The first-order valence-electron chi connectivity index (χ1n) is 6.65. The number of aliphatic carboxylic acids is 1. The zero-order chi connectivity index (χ0) is 14.9. The molecule has 2 rings (SSSR count). The Kier molecular flexibility index (Phi) is 3.89. The van der Waals surface area contributed by atoms with E-state index in [9.17, 15) is 15.2 Å². The van der Waals surface area contributed by atoms with Crippen LogP contribution in [0.15, 0.2) is 0 Å². The molecule has 1 fully saturated rings. The third-order valence-electron chi connectivity index (χ3n) is 3.86. The number of rotatable bonds is 2. The van der Waals surface area contributed by atoms with Crippen LogP contribution in [-0.2, 0) is 4.79 Å². The maximum atomic E-state index is 11.2. The molecule has 106 valence electrons. The Morgan fingerprint density at radius 1 is 1.40 bits per heavy atom. The molecule has 1 N–H and O–H groups in total. The van der Waals surface area contributed by atoms with Crippen molar-refractivity contribution in [2.75, 3.05) is 18.0 Å². The topological polar surface area (TPSA) is 90.1 Å². The number of nitrogens with zero attached hydrogens (tertiary/aromatic N) is 4. The first-order valence-corrected chi connectivity index (χ1v) is 6.65. The van der Waals surface area contributed by atoms with Crippen molar-refractivity contribution in [1.29, 1.82) is 5.26 Å². The Morgan fingerprint density at radius 2 is 2.10 bits per heavy atom. The summed E-state index contributed by atoms with van der Waals surface area (Å²) in [5.41, 5.74) is 2.03. The second-order valence-electron chi connectivity index (χ2n) is 5.50. The van der Waals surface area contributed by atoms with Crippen molar-refractivity contribution >= 4 is 11.8 Å². The number of nitriles is 1. The molecule has 1 aromatic heterocycles. The molecule has 2 unspecified atom stereocenters. The number of aryl methyl sites for hydroxylation is 1. The number of hydrogen-bond donors (Lipinski definition) is 1. The maximum Gasteiger partial charge on any atom is 0.308 e. The minimum atomic E-state index is -0.795. The van der Waals surface area contributed by atoms with Crippen molar-refractivity contribution in [3.05, 3.63) is 16.8 Å². The summed E-state index contributed by atoms with van der Waals surface area (Å²) < 4.78 is 0. The van der Waals surface area contributed by atoms with Gasteiger partial charge in [0.2, 0.25) is 0 Å². The minimum Gasteiger partial charge on any atom is -0.481 e. The lowest BCUT2D eigenvalue weighted by atomic mass is 9.90. The Hall–Kier alpha value is -2.16. The van der Waals surface area contributed by atoms with Gasteiger partial charge in [-0.1, -0.05) is 6.92 Å². The summed E-state index contributed by atoms with van der Waals surface area (Å²) in [6, 6.07) is 2.17. The van der Waals surface area contributed by atoms with Crippen molar-refractivity contribution < 1.29 is 9.90 Å². The summed E-state index contributed by atoms with van der Waals surface area (Å²) in [6.45, 7) is 6.75.